The van der Waals surface area contributed by atoms with Gasteiger partial charge < -0.3 is 4.74 Å². The summed E-state index contributed by atoms with van der Waals surface area (Å²) < 4.78 is 5.77. The molecule has 2 rings (SSSR count). The Morgan fingerprint density at radius 2 is 2.06 bits per heavy atom. The summed E-state index contributed by atoms with van der Waals surface area (Å²) in [4.78, 5) is 0. The van der Waals surface area contributed by atoms with Gasteiger partial charge in [0.1, 0.15) is 5.75 Å². The third-order valence-electron chi connectivity index (χ3n) is 3.39. The standard InChI is InChI=1S/C14H22N2O/c1-10-4-5-14(8-11(10)2)17-7-6-13-9-12(3)15-16-13/h4-5,8,12-13,15-16H,6-7,9H2,1-3H3. The van der Waals surface area contributed by atoms with Crippen LogP contribution < -0.4 is 15.6 Å². The molecule has 3 heteroatoms. The minimum atomic E-state index is 0.538. The van der Waals surface area contributed by atoms with Crippen molar-refractivity contribution in [2.75, 3.05) is 6.61 Å². The molecule has 0 amide bonds. The molecule has 3 nitrogen and oxygen atoms in total. The Hall–Kier alpha value is -1.06. The lowest BCUT2D eigenvalue weighted by Crippen LogP contribution is -2.33. The number of benzene rings is 1. The van der Waals surface area contributed by atoms with Gasteiger partial charge in [0.25, 0.3) is 0 Å². The van der Waals surface area contributed by atoms with Gasteiger partial charge in [-0.15, -0.1) is 0 Å². The second-order valence-electron chi connectivity index (χ2n) is 5.01. The van der Waals surface area contributed by atoms with Crippen LogP contribution in [0, 0.1) is 13.8 Å². The Balaban J connectivity index is 1.76. The highest BCUT2D eigenvalue weighted by Gasteiger charge is 2.19. The van der Waals surface area contributed by atoms with Crippen molar-refractivity contribution in [1.29, 1.82) is 0 Å². The third kappa shape index (κ3) is 3.45. The Bertz CT molecular complexity index is 378. The van der Waals surface area contributed by atoms with E-state index in [1.165, 1.54) is 17.5 Å². The van der Waals surface area contributed by atoms with Gasteiger partial charge in [0, 0.05) is 12.1 Å². The van der Waals surface area contributed by atoms with Gasteiger partial charge in [0.05, 0.1) is 6.61 Å². The highest BCUT2D eigenvalue weighted by molar-refractivity contribution is 5.33. The van der Waals surface area contributed by atoms with Gasteiger partial charge in [-0.05, 0) is 56.9 Å². The van der Waals surface area contributed by atoms with Gasteiger partial charge in [0.2, 0.25) is 0 Å². The smallest absolute Gasteiger partial charge is 0.119 e. The van der Waals surface area contributed by atoms with E-state index in [1.54, 1.807) is 0 Å². The van der Waals surface area contributed by atoms with Crippen molar-refractivity contribution in [3.8, 4) is 5.75 Å². The van der Waals surface area contributed by atoms with E-state index in [9.17, 15) is 0 Å². The number of rotatable bonds is 4. The van der Waals surface area contributed by atoms with Crippen molar-refractivity contribution >= 4 is 0 Å². The Morgan fingerprint density at radius 3 is 2.71 bits per heavy atom. The van der Waals surface area contributed by atoms with Crippen molar-refractivity contribution in [2.24, 2.45) is 0 Å². The van der Waals surface area contributed by atoms with Crippen molar-refractivity contribution in [3.05, 3.63) is 29.3 Å². The summed E-state index contributed by atoms with van der Waals surface area (Å²) in [6, 6.07) is 7.38. The van der Waals surface area contributed by atoms with E-state index in [0.29, 0.717) is 12.1 Å². The third-order valence-corrected chi connectivity index (χ3v) is 3.39. The van der Waals surface area contributed by atoms with Crippen molar-refractivity contribution in [2.45, 2.75) is 45.7 Å². The molecule has 0 bridgehead atoms. The molecule has 1 aliphatic rings. The van der Waals surface area contributed by atoms with Crippen LogP contribution in [0.5, 0.6) is 5.75 Å². The topological polar surface area (TPSA) is 33.3 Å². The summed E-state index contributed by atoms with van der Waals surface area (Å²) in [7, 11) is 0. The van der Waals surface area contributed by atoms with E-state index < -0.39 is 0 Å². The van der Waals surface area contributed by atoms with Crippen LogP contribution in [0.25, 0.3) is 0 Å². The zero-order valence-corrected chi connectivity index (χ0v) is 10.9. The quantitative estimate of drug-likeness (QED) is 0.839. The predicted molar refractivity (Wildman–Crippen MR) is 70.2 cm³/mol. The molecule has 0 radical (unpaired) electrons. The Labute approximate surface area is 104 Å². The summed E-state index contributed by atoms with van der Waals surface area (Å²) in [5.41, 5.74) is 9.11. The largest absolute Gasteiger partial charge is 0.494 e. The van der Waals surface area contributed by atoms with Crippen LogP contribution in [0.3, 0.4) is 0 Å². The number of aryl methyl sites for hydroxylation is 2. The number of hydrogen-bond acceptors (Lipinski definition) is 3. The molecular weight excluding hydrogens is 212 g/mol. The van der Waals surface area contributed by atoms with Gasteiger partial charge in [0.15, 0.2) is 0 Å². The molecule has 1 aromatic rings. The molecule has 2 atom stereocenters. The molecule has 1 heterocycles. The lowest BCUT2D eigenvalue weighted by molar-refractivity contribution is 0.289. The average Bonchev–Trinajstić information content (AvgIpc) is 2.70. The first-order valence-electron chi connectivity index (χ1n) is 6.36. The summed E-state index contributed by atoms with van der Waals surface area (Å²) in [6.07, 6.45) is 2.22. The van der Waals surface area contributed by atoms with Crippen LogP contribution in [0.4, 0.5) is 0 Å². The second kappa shape index (κ2) is 5.52. The molecule has 1 aliphatic heterocycles. The second-order valence-corrected chi connectivity index (χ2v) is 5.01. The number of ether oxygens (including phenoxy) is 1. The van der Waals surface area contributed by atoms with E-state index >= 15 is 0 Å². The van der Waals surface area contributed by atoms with E-state index in [-0.39, 0.29) is 0 Å². The maximum absolute atomic E-state index is 5.77. The van der Waals surface area contributed by atoms with Gasteiger partial charge in [-0.2, -0.15) is 0 Å². The van der Waals surface area contributed by atoms with Gasteiger partial charge in [-0.3, -0.25) is 10.9 Å². The highest BCUT2D eigenvalue weighted by atomic mass is 16.5. The lowest BCUT2D eigenvalue weighted by atomic mass is 10.1. The summed E-state index contributed by atoms with van der Waals surface area (Å²) in [5.74, 6) is 0.979. The van der Waals surface area contributed by atoms with Crippen molar-refractivity contribution in [1.82, 2.24) is 10.9 Å². The van der Waals surface area contributed by atoms with Gasteiger partial charge in [-0.1, -0.05) is 6.07 Å². The summed E-state index contributed by atoms with van der Waals surface area (Å²) >= 11 is 0. The molecule has 2 N–H and O–H groups in total. The lowest BCUT2D eigenvalue weighted by Gasteiger charge is -2.11. The van der Waals surface area contributed by atoms with Crippen LogP contribution in [0.1, 0.15) is 30.9 Å². The van der Waals surface area contributed by atoms with Crippen LogP contribution in [0.2, 0.25) is 0 Å². The molecule has 0 spiro atoms. The van der Waals surface area contributed by atoms with Crippen LogP contribution >= 0.6 is 0 Å². The average molecular weight is 234 g/mol. The van der Waals surface area contributed by atoms with Gasteiger partial charge in [-0.25, -0.2) is 0 Å². The molecule has 0 aromatic heterocycles. The van der Waals surface area contributed by atoms with Crippen LogP contribution in [-0.4, -0.2) is 18.7 Å². The van der Waals surface area contributed by atoms with Crippen LogP contribution in [-0.2, 0) is 0 Å². The molecule has 1 aromatic carbocycles. The Morgan fingerprint density at radius 1 is 1.24 bits per heavy atom. The van der Waals surface area contributed by atoms with E-state index in [0.717, 1.165) is 18.8 Å². The summed E-state index contributed by atoms with van der Waals surface area (Å²) in [6.45, 7) is 7.20. The van der Waals surface area contributed by atoms with E-state index in [2.05, 4.69) is 43.8 Å². The fraction of sp³-hybridized carbons (Fsp3) is 0.571. The maximum Gasteiger partial charge on any atom is 0.119 e. The zero-order chi connectivity index (χ0) is 12.3. The first-order chi connectivity index (χ1) is 8.15. The van der Waals surface area contributed by atoms with E-state index in [1.807, 2.05) is 6.07 Å². The minimum absolute atomic E-state index is 0.538. The molecular formula is C14H22N2O. The monoisotopic (exact) mass is 234 g/mol. The highest BCUT2D eigenvalue weighted by Crippen LogP contribution is 2.17. The normalized spacial score (nSPS) is 23.9. The van der Waals surface area contributed by atoms with Crippen molar-refractivity contribution < 1.29 is 4.74 Å². The summed E-state index contributed by atoms with van der Waals surface area (Å²) in [5, 5.41) is 0. The van der Waals surface area contributed by atoms with Crippen LogP contribution in [0.15, 0.2) is 18.2 Å². The molecule has 2 unspecified atom stereocenters. The molecule has 17 heavy (non-hydrogen) atoms. The number of hydrogen-bond donors (Lipinski definition) is 2. The maximum atomic E-state index is 5.77. The number of nitrogens with one attached hydrogen (secondary N) is 2. The zero-order valence-electron chi connectivity index (χ0n) is 10.9. The van der Waals surface area contributed by atoms with Gasteiger partial charge >= 0.3 is 0 Å². The van der Waals surface area contributed by atoms with Crippen molar-refractivity contribution in [3.63, 3.8) is 0 Å². The first-order valence-corrected chi connectivity index (χ1v) is 6.36. The fourth-order valence-corrected chi connectivity index (χ4v) is 2.12. The molecule has 0 aliphatic carbocycles. The van der Waals surface area contributed by atoms with E-state index in [4.69, 9.17) is 4.74 Å². The number of hydrazine groups is 1. The molecule has 1 fully saturated rings. The minimum Gasteiger partial charge on any atom is -0.494 e. The Kier molecular flexibility index (Phi) is 4.02. The molecule has 0 saturated carbocycles. The predicted octanol–water partition coefficient (Wildman–Crippen LogP) is 2.33. The SMILES string of the molecule is Cc1ccc(OCCC2CC(C)NN2)cc1C. The first kappa shape index (κ1) is 12.4. The fourth-order valence-electron chi connectivity index (χ4n) is 2.12. The molecule has 1 saturated heterocycles. The molecule has 94 valence electrons.